The van der Waals surface area contributed by atoms with Crippen molar-refractivity contribution in [3.63, 3.8) is 0 Å². The van der Waals surface area contributed by atoms with Crippen LogP contribution >= 0.6 is 11.3 Å². The third-order valence-electron chi connectivity index (χ3n) is 2.72. The third-order valence-corrected chi connectivity index (χ3v) is 3.54. The molecule has 0 aromatic carbocycles. The van der Waals surface area contributed by atoms with Crippen LogP contribution in [-0.2, 0) is 16.1 Å². The first-order valence-electron chi connectivity index (χ1n) is 5.84. The normalized spacial score (nSPS) is 19.2. The van der Waals surface area contributed by atoms with E-state index in [0.29, 0.717) is 13.1 Å². The Kier molecular flexibility index (Phi) is 4.33. The summed E-state index contributed by atoms with van der Waals surface area (Å²) in [6, 6.07) is -0.291. The van der Waals surface area contributed by atoms with Gasteiger partial charge >= 0.3 is 12.0 Å². The molecular formula is C11H15N3O4S. The van der Waals surface area contributed by atoms with E-state index >= 15 is 0 Å². The van der Waals surface area contributed by atoms with Gasteiger partial charge in [-0.2, -0.15) is 0 Å². The van der Waals surface area contributed by atoms with E-state index < -0.39 is 12.1 Å². The highest BCUT2D eigenvalue weighted by atomic mass is 32.1. The first-order valence-corrected chi connectivity index (χ1v) is 6.72. The molecule has 1 fully saturated rings. The minimum Gasteiger partial charge on any atom is -0.479 e. The molecule has 1 saturated heterocycles. The van der Waals surface area contributed by atoms with Crippen LogP contribution in [0.15, 0.2) is 5.38 Å². The number of rotatable bonds is 3. The van der Waals surface area contributed by atoms with Gasteiger partial charge in [0.15, 0.2) is 6.10 Å². The number of nitrogens with one attached hydrogen (secondary N) is 1. The molecule has 2 rings (SSSR count). The summed E-state index contributed by atoms with van der Waals surface area (Å²) in [6.45, 7) is 2.94. The number of morpholine rings is 1. The summed E-state index contributed by atoms with van der Waals surface area (Å²) in [5, 5.41) is 14.4. The predicted molar refractivity (Wildman–Crippen MR) is 68.0 cm³/mol. The van der Waals surface area contributed by atoms with Gasteiger partial charge in [-0.3, -0.25) is 0 Å². The van der Waals surface area contributed by atoms with E-state index in [1.165, 1.54) is 16.2 Å². The van der Waals surface area contributed by atoms with Crippen LogP contribution in [0, 0.1) is 6.92 Å². The summed E-state index contributed by atoms with van der Waals surface area (Å²) < 4.78 is 5.05. The molecule has 2 heterocycles. The molecule has 8 heteroatoms. The number of carboxylic acids is 1. The number of carbonyl (C=O) groups is 2. The fourth-order valence-electron chi connectivity index (χ4n) is 1.75. The van der Waals surface area contributed by atoms with E-state index in [4.69, 9.17) is 9.84 Å². The Labute approximate surface area is 114 Å². The van der Waals surface area contributed by atoms with Crippen molar-refractivity contribution in [1.82, 2.24) is 15.2 Å². The van der Waals surface area contributed by atoms with Crippen LogP contribution in [0.1, 0.15) is 10.7 Å². The molecule has 2 N–H and O–H groups in total. The second-order valence-corrected chi connectivity index (χ2v) is 5.22. The summed E-state index contributed by atoms with van der Waals surface area (Å²) >= 11 is 1.52. The minimum atomic E-state index is -1.05. The Hall–Kier alpha value is -1.67. The zero-order chi connectivity index (χ0) is 13.8. The number of hydrogen-bond acceptors (Lipinski definition) is 5. The number of hydrogen-bond donors (Lipinski definition) is 2. The summed E-state index contributed by atoms with van der Waals surface area (Å²) in [4.78, 5) is 28.4. The maximum Gasteiger partial charge on any atom is 0.334 e. The van der Waals surface area contributed by atoms with E-state index in [2.05, 4.69) is 10.3 Å². The topological polar surface area (TPSA) is 91.8 Å². The number of urea groups is 1. The van der Waals surface area contributed by atoms with Gasteiger partial charge in [0.2, 0.25) is 0 Å². The highest BCUT2D eigenvalue weighted by Gasteiger charge is 2.28. The van der Waals surface area contributed by atoms with Crippen molar-refractivity contribution in [3.05, 3.63) is 16.1 Å². The van der Waals surface area contributed by atoms with E-state index in [1.807, 2.05) is 12.3 Å². The molecule has 1 atom stereocenters. The van der Waals surface area contributed by atoms with Crippen LogP contribution in [0.3, 0.4) is 0 Å². The van der Waals surface area contributed by atoms with Crippen molar-refractivity contribution in [1.29, 1.82) is 0 Å². The molecule has 0 spiro atoms. The maximum atomic E-state index is 11.9. The molecule has 1 aliphatic rings. The van der Waals surface area contributed by atoms with E-state index in [9.17, 15) is 9.59 Å². The smallest absolute Gasteiger partial charge is 0.334 e. The van der Waals surface area contributed by atoms with Gasteiger partial charge in [-0.25, -0.2) is 14.6 Å². The Bertz CT molecular complexity index is 476. The number of nitrogens with zero attached hydrogens (tertiary/aromatic N) is 2. The summed E-state index contributed by atoms with van der Waals surface area (Å²) in [7, 11) is 0. The molecule has 104 valence electrons. The minimum absolute atomic E-state index is 0.0667. The van der Waals surface area contributed by atoms with Crippen LogP contribution in [0.2, 0.25) is 0 Å². The number of thiazole rings is 1. The van der Waals surface area contributed by atoms with Gasteiger partial charge in [0.1, 0.15) is 0 Å². The Morgan fingerprint density at radius 1 is 1.68 bits per heavy atom. The van der Waals surface area contributed by atoms with Crippen molar-refractivity contribution in [3.8, 4) is 0 Å². The monoisotopic (exact) mass is 285 g/mol. The molecule has 0 radical (unpaired) electrons. The Morgan fingerprint density at radius 2 is 2.47 bits per heavy atom. The standard InChI is InChI=1S/C11H15N3O4S/c1-7-13-8(6-19-7)4-12-11(17)14-2-3-18-9(5-14)10(15)16/h6,9H,2-5H2,1H3,(H,12,17)(H,15,16). The second-order valence-electron chi connectivity index (χ2n) is 4.16. The van der Waals surface area contributed by atoms with Crippen LogP contribution < -0.4 is 5.32 Å². The first kappa shape index (κ1) is 13.8. The SMILES string of the molecule is Cc1nc(CNC(=O)N2CCOC(C(=O)O)C2)cs1. The Balaban J connectivity index is 1.84. The lowest BCUT2D eigenvalue weighted by Gasteiger charge is -2.30. The highest BCUT2D eigenvalue weighted by Crippen LogP contribution is 2.09. The number of aryl methyl sites for hydroxylation is 1. The van der Waals surface area contributed by atoms with Gasteiger partial charge in [0, 0.05) is 11.9 Å². The molecule has 0 aliphatic carbocycles. The lowest BCUT2D eigenvalue weighted by atomic mass is 10.3. The third kappa shape index (κ3) is 3.65. The van der Waals surface area contributed by atoms with Crippen molar-refractivity contribution < 1.29 is 19.4 Å². The average molecular weight is 285 g/mol. The summed E-state index contributed by atoms with van der Waals surface area (Å²) in [6.07, 6.45) is -0.944. The zero-order valence-electron chi connectivity index (χ0n) is 10.5. The quantitative estimate of drug-likeness (QED) is 0.841. The molecular weight excluding hydrogens is 270 g/mol. The average Bonchev–Trinajstić information content (AvgIpc) is 2.82. The number of carboxylic acid groups (broad SMARTS) is 1. The highest BCUT2D eigenvalue weighted by molar-refractivity contribution is 7.09. The van der Waals surface area contributed by atoms with Crippen LogP contribution in [-0.4, -0.2) is 52.8 Å². The number of aliphatic carboxylic acids is 1. The summed E-state index contributed by atoms with van der Waals surface area (Å²) in [5.74, 6) is -1.05. The molecule has 1 aromatic rings. The van der Waals surface area contributed by atoms with Crippen LogP contribution in [0.4, 0.5) is 4.79 Å². The lowest BCUT2D eigenvalue weighted by molar-refractivity contribution is -0.154. The predicted octanol–water partition coefficient (Wildman–Crippen LogP) is 0.447. The molecule has 1 aromatic heterocycles. The van der Waals surface area contributed by atoms with Gasteiger partial charge in [-0.15, -0.1) is 11.3 Å². The van der Waals surface area contributed by atoms with E-state index in [-0.39, 0.29) is 19.2 Å². The second kappa shape index (κ2) is 5.98. The molecule has 2 amide bonds. The Morgan fingerprint density at radius 3 is 3.11 bits per heavy atom. The lowest BCUT2D eigenvalue weighted by Crippen LogP contribution is -2.51. The first-order chi connectivity index (χ1) is 9.06. The molecule has 0 saturated carbocycles. The van der Waals surface area contributed by atoms with Crippen molar-refractivity contribution in [2.75, 3.05) is 19.7 Å². The van der Waals surface area contributed by atoms with Crippen molar-refractivity contribution in [2.24, 2.45) is 0 Å². The summed E-state index contributed by atoms with van der Waals surface area (Å²) in [5.41, 5.74) is 0.805. The number of amides is 2. The van der Waals surface area contributed by atoms with E-state index in [0.717, 1.165) is 10.7 Å². The molecule has 19 heavy (non-hydrogen) atoms. The fourth-order valence-corrected chi connectivity index (χ4v) is 2.36. The number of aromatic nitrogens is 1. The van der Waals surface area contributed by atoms with Crippen LogP contribution in [0.25, 0.3) is 0 Å². The van der Waals surface area contributed by atoms with Crippen molar-refractivity contribution in [2.45, 2.75) is 19.6 Å². The number of ether oxygens (including phenoxy) is 1. The van der Waals surface area contributed by atoms with Gasteiger partial charge in [0.25, 0.3) is 0 Å². The van der Waals surface area contributed by atoms with Gasteiger partial charge in [-0.1, -0.05) is 0 Å². The molecule has 7 nitrogen and oxygen atoms in total. The van der Waals surface area contributed by atoms with E-state index in [1.54, 1.807) is 0 Å². The fraction of sp³-hybridized carbons (Fsp3) is 0.545. The number of carbonyl (C=O) groups excluding carboxylic acids is 1. The van der Waals surface area contributed by atoms with Gasteiger partial charge in [0.05, 0.1) is 30.4 Å². The van der Waals surface area contributed by atoms with Gasteiger partial charge < -0.3 is 20.1 Å². The molecule has 1 unspecified atom stereocenters. The molecule has 0 bridgehead atoms. The van der Waals surface area contributed by atoms with Crippen LogP contribution in [0.5, 0.6) is 0 Å². The van der Waals surface area contributed by atoms with Gasteiger partial charge in [-0.05, 0) is 6.92 Å². The maximum absolute atomic E-state index is 11.9. The largest absolute Gasteiger partial charge is 0.479 e. The zero-order valence-corrected chi connectivity index (χ0v) is 11.3. The van der Waals surface area contributed by atoms with Crippen molar-refractivity contribution >= 4 is 23.3 Å². The molecule has 1 aliphatic heterocycles.